The Morgan fingerprint density at radius 1 is 1.23 bits per heavy atom. The van der Waals surface area contributed by atoms with E-state index in [1.807, 2.05) is 0 Å². The number of methoxy groups -OCH3 is 1. The summed E-state index contributed by atoms with van der Waals surface area (Å²) in [6, 6.07) is 10.5. The van der Waals surface area contributed by atoms with Crippen molar-refractivity contribution in [3.05, 3.63) is 75.2 Å². The molecule has 0 aromatic heterocycles. The fourth-order valence-electron chi connectivity index (χ4n) is 2.31. The van der Waals surface area contributed by atoms with E-state index in [2.05, 4.69) is 0 Å². The molecule has 2 aromatic carbocycles. The zero-order chi connectivity index (χ0) is 15.7. The van der Waals surface area contributed by atoms with E-state index in [0.717, 1.165) is 0 Å². The average Bonchev–Trinajstić information content (AvgIpc) is 2.53. The molecule has 0 N–H and O–H groups in total. The van der Waals surface area contributed by atoms with E-state index < -0.39 is 16.8 Å². The SMILES string of the molecule is COc1ccc2c(c1)OC(c1ccc(F)cc1)C([N+](=O)[O-])=C2. The van der Waals surface area contributed by atoms with E-state index in [0.29, 0.717) is 22.6 Å². The predicted molar refractivity (Wildman–Crippen MR) is 77.7 cm³/mol. The van der Waals surface area contributed by atoms with Crippen LogP contribution in [0, 0.1) is 15.9 Å². The molecule has 3 rings (SSSR count). The molecule has 0 saturated heterocycles. The molecule has 0 saturated carbocycles. The molecule has 1 aliphatic heterocycles. The van der Waals surface area contributed by atoms with Crippen LogP contribution in [0.2, 0.25) is 0 Å². The van der Waals surface area contributed by atoms with E-state index >= 15 is 0 Å². The van der Waals surface area contributed by atoms with E-state index in [1.165, 1.54) is 37.5 Å². The summed E-state index contributed by atoms with van der Waals surface area (Å²) in [6.07, 6.45) is 0.571. The molecule has 0 amide bonds. The largest absolute Gasteiger partial charge is 0.497 e. The summed E-state index contributed by atoms with van der Waals surface area (Å²) in [5, 5.41) is 11.3. The molecule has 1 aliphatic rings. The number of hydrogen-bond donors (Lipinski definition) is 0. The van der Waals surface area contributed by atoms with Crippen molar-refractivity contribution < 1.29 is 18.8 Å². The summed E-state index contributed by atoms with van der Waals surface area (Å²) in [6.45, 7) is 0. The first-order valence-corrected chi connectivity index (χ1v) is 6.54. The Morgan fingerprint density at radius 2 is 1.95 bits per heavy atom. The Bertz CT molecular complexity index is 755. The summed E-state index contributed by atoms with van der Waals surface area (Å²) in [4.78, 5) is 10.8. The topological polar surface area (TPSA) is 61.6 Å². The maximum Gasteiger partial charge on any atom is 0.291 e. The highest BCUT2D eigenvalue weighted by Gasteiger charge is 2.33. The second-order valence-corrected chi connectivity index (χ2v) is 4.78. The molecule has 1 unspecified atom stereocenters. The van der Waals surface area contributed by atoms with Crippen LogP contribution in [0.25, 0.3) is 6.08 Å². The second-order valence-electron chi connectivity index (χ2n) is 4.78. The van der Waals surface area contributed by atoms with Crippen LogP contribution in [-0.4, -0.2) is 12.0 Å². The molecule has 22 heavy (non-hydrogen) atoms. The van der Waals surface area contributed by atoms with Crippen molar-refractivity contribution in [1.82, 2.24) is 0 Å². The van der Waals surface area contributed by atoms with Gasteiger partial charge >= 0.3 is 0 Å². The van der Waals surface area contributed by atoms with E-state index in [1.54, 1.807) is 18.2 Å². The number of nitro groups is 1. The lowest BCUT2D eigenvalue weighted by Crippen LogP contribution is -2.19. The van der Waals surface area contributed by atoms with Crippen LogP contribution in [0.3, 0.4) is 0 Å². The van der Waals surface area contributed by atoms with Gasteiger partial charge in [0.2, 0.25) is 6.10 Å². The molecular formula is C16H12FNO4. The van der Waals surface area contributed by atoms with Gasteiger partial charge in [0.1, 0.15) is 17.3 Å². The molecule has 1 heterocycles. The minimum absolute atomic E-state index is 0.0933. The van der Waals surface area contributed by atoms with Gasteiger partial charge in [0, 0.05) is 23.3 Å². The number of fused-ring (bicyclic) bond motifs is 1. The third-order valence-corrected chi connectivity index (χ3v) is 3.42. The zero-order valence-electron chi connectivity index (χ0n) is 11.7. The number of hydrogen-bond acceptors (Lipinski definition) is 4. The first-order valence-electron chi connectivity index (χ1n) is 6.54. The van der Waals surface area contributed by atoms with Crippen LogP contribution in [0.1, 0.15) is 17.2 Å². The van der Waals surface area contributed by atoms with Crippen LogP contribution in [0.4, 0.5) is 4.39 Å². The average molecular weight is 301 g/mol. The molecule has 0 aliphatic carbocycles. The van der Waals surface area contributed by atoms with Crippen LogP contribution >= 0.6 is 0 Å². The van der Waals surface area contributed by atoms with Crippen molar-refractivity contribution in [2.24, 2.45) is 0 Å². The third kappa shape index (κ3) is 2.50. The highest BCUT2D eigenvalue weighted by molar-refractivity contribution is 5.63. The van der Waals surface area contributed by atoms with Gasteiger partial charge in [-0.2, -0.15) is 0 Å². The Kier molecular flexibility index (Phi) is 3.50. The van der Waals surface area contributed by atoms with Gasteiger partial charge in [-0.3, -0.25) is 10.1 Å². The number of benzene rings is 2. The normalized spacial score (nSPS) is 16.3. The number of ether oxygens (including phenoxy) is 2. The van der Waals surface area contributed by atoms with Gasteiger partial charge in [-0.25, -0.2) is 4.39 Å². The first kappa shape index (κ1) is 14.1. The van der Waals surface area contributed by atoms with Crippen LogP contribution in [-0.2, 0) is 0 Å². The summed E-state index contributed by atoms with van der Waals surface area (Å²) < 4.78 is 23.9. The molecule has 0 spiro atoms. The molecule has 2 aromatic rings. The van der Waals surface area contributed by atoms with E-state index in [4.69, 9.17) is 9.47 Å². The molecule has 1 atom stereocenters. The lowest BCUT2D eigenvalue weighted by atomic mass is 10.0. The Morgan fingerprint density at radius 3 is 2.59 bits per heavy atom. The summed E-state index contributed by atoms with van der Waals surface area (Å²) in [7, 11) is 1.53. The van der Waals surface area contributed by atoms with Crippen molar-refractivity contribution in [2.75, 3.05) is 7.11 Å². The Balaban J connectivity index is 2.07. The van der Waals surface area contributed by atoms with Gasteiger partial charge in [0.25, 0.3) is 5.70 Å². The van der Waals surface area contributed by atoms with Crippen LogP contribution < -0.4 is 9.47 Å². The summed E-state index contributed by atoms with van der Waals surface area (Å²) in [5.74, 6) is 0.669. The van der Waals surface area contributed by atoms with Gasteiger partial charge in [0.15, 0.2) is 0 Å². The Labute approximate surface area is 125 Å². The second kappa shape index (κ2) is 5.48. The molecule has 5 nitrogen and oxygen atoms in total. The number of halogens is 1. The third-order valence-electron chi connectivity index (χ3n) is 3.42. The van der Waals surface area contributed by atoms with Gasteiger partial charge in [-0.15, -0.1) is 0 Å². The number of nitrogens with zero attached hydrogens (tertiary/aromatic N) is 1. The fourth-order valence-corrected chi connectivity index (χ4v) is 2.31. The first-order chi connectivity index (χ1) is 10.6. The minimum atomic E-state index is -0.893. The summed E-state index contributed by atoms with van der Waals surface area (Å²) in [5.41, 5.74) is 1.02. The molecule has 0 bridgehead atoms. The maximum absolute atomic E-state index is 13.0. The van der Waals surface area contributed by atoms with Gasteiger partial charge in [0.05, 0.1) is 12.0 Å². The highest BCUT2D eigenvalue weighted by Crippen LogP contribution is 2.39. The molecule has 112 valence electrons. The van der Waals surface area contributed by atoms with Crippen LogP contribution in [0.5, 0.6) is 11.5 Å². The molecule has 0 radical (unpaired) electrons. The fraction of sp³-hybridized carbons (Fsp3) is 0.125. The van der Waals surface area contributed by atoms with Crippen LogP contribution in [0.15, 0.2) is 48.2 Å². The predicted octanol–water partition coefficient (Wildman–Crippen LogP) is 3.59. The van der Waals surface area contributed by atoms with Crippen molar-refractivity contribution >= 4 is 6.08 Å². The Hall–Kier alpha value is -2.89. The highest BCUT2D eigenvalue weighted by atomic mass is 19.1. The van der Waals surface area contributed by atoms with Gasteiger partial charge in [-0.05, 0) is 24.3 Å². The minimum Gasteiger partial charge on any atom is -0.497 e. The maximum atomic E-state index is 13.0. The number of rotatable bonds is 3. The molecular weight excluding hydrogens is 289 g/mol. The van der Waals surface area contributed by atoms with Crippen molar-refractivity contribution in [2.45, 2.75) is 6.10 Å². The lowest BCUT2D eigenvalue weighted by molar-refractivity contribution is -0.434. The van der Waals surface area contributed by atoms with Crippen molar-refractivity contribution in [1.29, 1.82) is 0 Å². The van der Waals surface area contributed by atoms with E-state index in [9.17, 15) is 14.5 Å². The van der Waals surface area contributed by atoms with Crippen molar-refractivity contribution in [3.8, 4) is 11.5 Å². The standard InChI is InChI=1S/C16H12FNO4/c1-21-13-7-4-11-8-14(18(19)20)16(22-15(11)9-13)10-2-5-12(17)6-3-10/h2-9,16H,1H3. The zero-order valence-corrected chi connectivity index (χ0v) is 11.7. The summed E-state index contributed by atoms with van der Waals surface area (Å²) >= 11 is 0. The van der Waals surface area contributed by atoms with Crippen molar-refractivity contribution in [3.63, 3.8) is 0 Å². The van der Waals surface area contributed by atoms with Gasteiger partial charge < -0.3 is 9.47 Å². The smallest absolute Gasteiger partial charge is 0.291 e. The lowest BCUT2D eigenvalue weighted by Gasteiger charge is -2.23. The quantitative estimate of drug-likeness (QED) is 0.642. The van der Waals surface area contributed by atoms with E-state index in [-0.39, 0.29) is 5.70 Å². The molecule has 6 heteroatoms. The van der Waals surface area contributed by atoms with Gasteiger partial charge in [-0.1, -0.05) is 12.1 Å². The monoisotopic (exact) mass is 301 g/mol. The molecule has 0 fully saturated rings.